The van der Waals surface area contributed by atoms with Gasteiger partial charge < -0.3 is 4.90 Å². The Kier molecular flexibility index (Phi) is 6.66. The summed E-state index contributed by atoms with van der Waals surface area (Å²) in [5.41, 5.74) is 2.76. The molecule has 1 aliphatic heterocycles. The third-order valence-electron chi connectivity index (χ3n) is 5.82. The van der Waals surface area contributed by atoms with Gasteiger partial charge in [-0.05, 0) is 47.7 Å². The highest BCUT2D eigenvalue weighted by Gasteiger charge is 2.49. The van der Waals surface area contributed by atoms with Gasteiger partial charge in [0.2, 0.25) is 5.91 Å². The van der Waals surface area contributed by atoms with Crippen LogP contribution in [0.2, 0.25) is 0 Å². The Morgan fingerprint density at radius 2 is 1.88 bits per heavy atom. The molecule has 0 radical (unpaired) electrons. The predicted octanol–water partition coefficient (Wildman–Crippen LogP) is 3.67. The average molecular weight is 509 g/mol. The molecule has 0 spiro atoms. The molecular formula is C22H21FN2O5S3. The van der Waals surface area contributed by atoms with Crippen molar-refractivity contribution in [3.05, 3.63) is 69.5 Å². The summed E-state index contributed by atoms with van der Waals surface area (Å²) < 4.78 is 38.9. The monoisotopic (exact) mass is 508 g/mol. The van der Waals surface area contributed by atoms with E-state index in [1.165, 1.54) is 39.7 Å². The van der Waals surface area contributed by atoms with Crippen LogP contribution in [0.3, 0.4) is 0 Å². The predicted molar refractivity (Wildman–Crippen MR) is 125 cm³/mol. The van der Waals surface area contributed by atoms with Crippen LogP contribution in [-0.2, 0) is 19.4 Å². The Bertz CT molecular complexity index is 1260. The smallest absolute Gasteiger partial charge is 0.254 e. The molecule has 11 heteroatoms. The summed E-state index contributed by atoms with van der Waals surface area (Å²) in [5.74, 6) is -1.78. The van der Waals surface area contributed by atoms with Crippen LogP contribution in [0.15, 0.2) is 53.2 Å². The van der Waals surface area contributed by atoms with Crippen LogP contribution in [0.1, 0.15) is 28.1 Å². The van der Waals surface area contributed by atoms with Gasteiger partial charge >= 0.3 is 0 Å². The van der Waals surface area contributed by atoms with Crippen LogP contribution in [0.25, 0.3) is 10.4 Å². The van der Waals surface area contributed by atoms with E-state index in [0.29, 0.717) is 10.4 Å². The highest BCUT2D eigenvalue weighted by Crippen LogP contribution is 2.45. The first-order chi connectivity index (χ1) is 15.8. The summed E-state index contributed by atoms with van der Waals surface area (Å²) in [6.45, 7) is 0.145. The number of halogens is 1. The molecule has 33 heavy (non-hydrogen) atoms. The van der Waals surface area contributed by atoms with Gasteiger partial charge in [-0.2, -0.15) is 11.3 Å². The molecule has 1 fully saturated rings. The van der Waals surface area contributed by atoms with Gasteiger partial charge in [-0.1, -0.05) is 12.1 Å². The second-order valence-electron chi connectivity index (χ2n) is 7.75. The summed E-state index contributed by atoms with van der Waals surface area (Å²) in [6, 6.07) is 10.9. The SMILES string of the molecule is O=C(CC1(c2ccc(-c3ccc(F)cc3)s2)CCN(C(=O)c2ccsc2)CCS1(=O)=O)NO. The molecule has 1 aliphatic rings. The number of nitrogens with one attached hydrogen (secondary N) is 1. The number of hydrogen-bond donors (Lipinski definition) is 2. The topological polar surface area (TPSA) is 104 Å². The fourth-order valence-corrected chi connectivity index (χ4v) is 8.23. The number of benzene rings is 1. The van der Waals surface area contributed by atoms with Crippen LogP contribution in [0.5, 0.6) is 0 Å². The Morgan fingerprint density at radius 1 is 1.12 bits per heavy atom. The van der Waals surface area contributed by atoms with Crippen LogP contribution < -0.4 is 5.48 Å². The Balaban J connectivity index is 1.73. The molecule has 3 aromatic rings. The molecule has 2 aromatic heterocycles. The summed E-state index contributed by atoms with van der Waals surface area (Å²) in [4.78, 5) is 27.7. The normalized spacial score (nSPS) is 20.2. The number of rotatable bonds is 5. The first-order valence-corrected chi connectivity index (χ1v) is 13.5. The average Bonchev–Trinajstić information content (AvgIpc) is 3.48. The summed E-state index contributed by atoms with van der Waals surface area (Å²) in [7, 11) is -3.90. The molecular weight excluding hydrogens is 487 g/mol. The van der Waals surface area contributed by atoms with Gasteiger partial charge in [-0.3, -0.25) is 14.8 Å². The third-order valence-corrected chi connectivity index (χ3v) is 10.5. The van der Waals surface area contributed by atoms with E-state index in [9.17, 15) is 22.4 Å². The minimum absolute atomic E-state index is 0.00199. The highest BCUT2D eigenvalue weighted by atomic mass is 32.2. The Hall–Kier alpha value is -2.60. The highest BCUT2D eigenvalue weighted by molar-refractivity contribution is 7.92. The minimum Gasteiger partial charge on any atom is -0.338 e. The van der Waals surface area contributed by atoms with E-state index in [1.54, 1.807) is 46.6 Å². The standard InChI is InChI=1S/C22H21FN2O5S3/c23-17-3-1-15(2-4-17)18-5-6-19(32-18)22(13-20(26)24-28)8-9-25(10-12-33(22,29)30)21(27)16-7-11-31-14-16/h1-7,11,14,28H,8-10,12-13H2,(H,24,26). The van der Waals surface area contributed by atoms with E-state index in [0.717, 1.165) is 10.4 Å². The summed E-state index contributed by atoms with van der Waals surface area (Å²) in [6.07, 6.45) is -0.475. The van der Waals surface area contributed by atoms with Gasteiger partial charge in [0.25, 0.3) is 5.91 Å². The van der Waals surface area contributed by atoms with Gasteiger partial charge in [0, 0.05) is 28.2 Å². The number of amides is 2. The Labute approximate surface area is 198 Å². The van der Waals surface area contributed by atoms with Gasteiger partial charge in [-0.25, -0.2) is 18.3 Å². The van der Waals surface area contributed by atoms with Crippen LogP contribution >= 0.6 is 22.7 Å². The lowest BCUT2D eigenvalue weighted by Gasteiger charge is -2.30. The van der Waals surface area contributed by atoms with E-state index in [4.69, 9.17) is 5.21 Å². The van der Waals surface area contributed by atoms with Crippen molar-refractivity contribution in [2.75, 3.05) is 18.8 Å². The fourth-order valence-electron chi connectivity index (χ4n) is 3.99. The molecule has 174 valence electrons. The number of nitrogens with zero attached hydrogens (tertiary/aromatic N) is 1. The number of thiophene rings is 2. The van der Waals surface area contributed by atoms with Crippen molar-refractivity contribution in [2.24, 2.45) is 0 Å². The third kappa shape index (κ3) is 4.58. The first kappa shape index (κ1) is 23.6. The fraction of sp³-hybridized carbons (Fsp3) is 0.273. The van der Waals surface area contributed by atoms with E-state index < -0.39 is 26.9 Å². The van der Waals surface area contributed by atoms with Crippen molar-refractivity contribution in [1.29, 1.82) is 0 Å². The van der Waals surface area contributed by atoms with E-state index in [2.05, 4.69) is 0 Å². The second-order valence-corrected chi connectivity index (χ2v) is 12.0. The van der Waals surface area contributed by atoms with Crippen LogP contribution in [0.4, 0.5) is 4.39 Å². The maximum Gasteiger partial charge on any atom is 0.254 e. The zero-order chi connectivity index (χ0) is 23.6. The summed E-state index contributed by atoms with van der Waals surface area (Å²) >= 11 is 2.58. The Morgan fingerprint density at radius 3 is 2.55 bits per heavy atom. The first-order valence-electron chi connectivity index (χ1n) is 10.1. The number of carbonyl (C=O) groups excluding carboxylic acids is 2. The van der Waals surface area contributed by atoms with Gasteiger partial charge in [0.1, 0.15) is 10.6 Å². The minimum atomic E-state index is -3.90. The zero-order valence-corrected chi connectivity index (χ0v) is 19.8. The quantitative estimate of drug-likeness (QED) is 0.404. The van der Waals surface area contributed by atoms with Gasteiger partial charge in [0.05, 0.1) is 17.7 Å². The molecule has 2 N–H and O–H groups in total. The number of carbonyl (C=O) groups is 2. The molecule has 1 aromatic carbocycles. The lowest BCUT2D eigenvalue weighted by atomic mass is 9.97. The number of sulfone groups is 1. The molecule has 0 bridgehead atoms. The number of hydroxylamine groups is 1. The van der Waals surface area contributed by atoms with Crippen molar-refractivity contribution in [1.82, 2.24) is 10.4 Å². The second kappa shape index (κ2) is 9.34. The van der Waals surface area contributed by atoms with E-state index in [1.807, 2.05) is 0 Å². The molecule has 0 saturated carbocycles. The van der Waals surface area contributed by atoms with Gasteiger partial charge in [0.15, 0.2) is 9.84 Å². The molecule has 1 atom stereocenters. The van der Waals surface area contributed by atoms with Gasteiger partial charge in [-0.15, -0.1) is 11.3 Å². The molecule has 1 saturated heterocycles. The van der Waals surface area contributed by atoms with Crippen molar-refractivity contribution < 1.29 is 27.6 Å². The van der Waals surface area contributed by atoms with Crippen molar-refractivity contribution in [2.45, 2.75) is 17.6 Å². The lowest BCUT2D eigenvalue weighted by molar-refractivity contribution is -0.129. The van der Waals surface area contributed by atoms with E-state index >= 15 is 0 Å². The molecule has 3 heterocycles. The molecule has 1 unspecified atom stereocenters. The van der Waals surface area contributed by atoms with Crippen molar-refractivity contribution in [3.63, 3.8) is 0 Å². The van der Waals surface area contributed by atoms with Crippen molar-refractivity contribution in [3.8, 4) is 10.4 Å². The molecule has 2 amide bonds. The maximum absolute atomic E-state index is 13.6. The van der Waals surface area contributed by atoms with Crippen LogP contribution in [0, 0.1) is 5.82 Å². The van der Waals surface area contributed by atoms with Crippen LogP contribution in [-0.4, -0.2) is 49.2 Å². The maximum atomic E-state index is 13.6. The number of hydrogen-bond acceptors (Lipinski definition) is 7. The lowest BCUT2D eigenvalue weighted by Crippen LogP contribution is -2.41. The van der Waals surface area contributed by atoms with Crippen molar-refractivity contribution >= 4 is 44.3 Å². The molecule has 7 nitrogen and oxygen atoms in total. The van der Waals surface area contributed by atoms with E-state index in [-0.39, 0.29) is 37.0 Å². The molecule has 0 aliphatic carbocycles. The largest absolute Gasteiger partial charge is 0.338 e. The summed E-state index contributed by atoms with van der Waals surface area (Å²) in [5, 5.41) is 12.6. The zero-order valence-electron chi connectivity index (χ0n) is 17.4. The molecule has 4 rings (SSSR count).